The van der Waals surface area contributed by atoms with Gasteiger partial charge < -0.3 is 10.4 Å². The third-order valence-electron chi connectivity index (χ3n) is 3.03. The molecule has 112 valence electrons. The molecule has 6 heteroatoms. The maximum absolute atomic E-state index is 11.2. The van der Waals surface area contributed by atoms with Gasteiger partial charge in [0.2, 0.25) is 0 Å². The summed E-state index contributed by atoms with van der Waals surface area (Å²) < 4.78 is 1.83. The van der Waals surface area contributed by atoms with E-state index in [-0.39, 0.29) is 11.6 Å². The molecule has 0 aromatic carbocycles. The quantitative estimate of drug-likeness (QED) is 0.852. The topological polar surface area (TPSA) is 80.0 Å². The molecule has 0 aliphatic heterocycles. The number of hydrogen-bond donors (Lipinski definition) is 2. The van der Waals surface area contributed by atoms with E-state index in [0.717, 1.165) is 24.2 Å². The van der Waals surface area contributed by atoms with Gasteiger partial charge in [-0.1, -0.05) is 13.3 Å². The van der Waals surface area contributed by atoms with Crippen molar-refractivity contribution in [3.8, 4) is 0 Å². The Morgan fingerprint density at radius 2 is 2.19 bits per heavy atom. The highest BCUT2D eigenvalue weighted by Gasteiger charge is 2.09. The maximum Gasteiger partial charge on any atom is 0.335 e. The van der Waals surface area contributed by atoms with E-state index in [1.54, 1.807) is 12.3 Å². The summed E-state index contributed by atoms with van der Waals surface area (Å²) in [6.07, 6.45) is 5.25. The Hall–Kier alpha value is -2.37. The van der Waals surface area contributed by atoms with E-state index in [4.69, 9.17) is 0 Å². The van der Waals surface area contributed by atoms with Gasteiger partial charge in [-0.3, -0.25) is 4.68 Å². The molecule has 0 aliphatic rings. The fraction of sp³-hybridized carbons (Fsp3) is 0.400. The van der Waals surface area contributed by atoms with Crippen LogP contribution in [0, 0.1) is 0 Å². The number of pyridine rings is 1. The zero-order chi connectivity index (χ0) is 15.4. The van der Waals surface area contributed by atoms with Crippen LogP contribution in [0.3, 0.4) is 0 Å². The highest BCUT2D eigenvalue weighted by atomic mass is 16.4. The Labute approximate surface area is 123 Å². The lowest BCUT2D eigenvalue weighted by molar-refractivity contribution is 0.0696. The van der Waals surface area contributed by atoms with Crippen molar-refractivity contribution in [2.75, 3.05) is 5.32 Å². The summed E-state index contributed by atoms with van der Waals surface area (Å²) in [6.45, 7) is 6.12. The molecule has 0 bridgehead atoms. The number of rotatable bonds is 6. The smallest absolute Gasteiger partial charge is 0.335 e. The molecule has 0 saturated carbocycles. The monoisotopic (exact) mass is 288 g/mol. The van der Waals surface area contributed by atoms with Crippen LogP contribution in [0.2, 0.25) is 0 Å². The Kier molecular flexibility index (Phi) is 4.57. The summed E-state index contributed by atoms with van der Waals surface area (Å²) in [5.41, 5.74) is 1.81. The van der Waals surface area contributed by atoms with Gasteiger partial charge in [0.1, 0.15) is 5.82 Å². The van der Waals surface area contributed by atoms with Gasteiger partial charge in [0.15, 0.2) is 0 Å². The predicted octanol–water partition coefficient (Wildman–Crippen LogP) is 3.25. The lowest BCUT2D eigenvalue weighted by atomic mass is 10.1. The van der Waals surface area contributed by atoms with Crippen molar-refractivity contribution < 1.29 is 9.90 Å². The number of aryl methyl sites for hydroxylation is 1. The second kappa shape index (κ2) is 6.39. The summed E-state index contributed by atoms with van der Waals surface area (Å²) in [7, 11) is 0. The van der Waals surface area contributed by atoms with Gasteiger partial charge in [-0.15, -0.1) is 0 Å². The number of aromatic nitrogens is 3. The fourth-order valence-corrected chi connectivity index (χ4v) is 1.99. The van der Waals surface area contributed by atoms with E-state index >= 15 is 0 Å². The molecule has 0 amide bonds. The van der Waals surface area contributed by atoms with E-state index in [0.29, 0.717) is 5.82 Å². The minimum absolute atomic E-state index is 0.243. The van der Waals surface area contributed by atoms with Crippen LogP contribution < -0.4 is 5.32 Å². The van der Waals surface area contributed by atoms with Gasteiger partial charge in [0.05, 0.1) is 17.4 Å². The van der Waals surface area contributed by atoms with Crippen molar-refractivity contribution in [1.82, 2.24) is 14.8 Å². The van der Waals surface area contributed by atoms with Crippen molar-refractivity contribution >= 4 is 17.5 Å². The first-order chi connectivity index (χ1) is 9.99. The summed E-state index contributed by atoms with van der Waals surface area (Å²) in [6, 6.07) is 3.43. The number of aromatic carboxylic acids is 1. The largest absolute Gasteiger partial charge is 0.478 e. The van der Waals surface area contributed by atoms with E-state index in [1.807, 2.05) is 31.6 Å². The van der Waals surface area contributed by atoms with Crippen LogP contribution in [0.25, 0.3) is 0 Å². The Morgan fingerprint density at radius 3 is 2.76 bits per heavy atom. The molecular formula is C15H20N4O2. The summed E-state index contributed by atoms with van der Waals surface area (Å²) in [5.74, 6) is -0.419. The summed E-state index contributed by atoms with van der Waals surface area (Å²) in [4.78, 5) is 15.6. The van der Waals surface area contributed by atoms with Crippen LogP contribution >= 0.6 is 0 Å². The molecular weight excluding hydrogens is 268 g/mol. The first-order valence-electron chi connectivity index (χ1n) is 7.05. The molecule has 0 atom stereocenters. The maximum atomic E-state index is 11.2. The minimum atomic E-state index is -0.948. The molecule has 0 unspecified atom stereocenters. The van der Waals surface area contributed by atoms with Crippen LogP contribution in [0.15, 0.2) is 24.5 Å². The molecule has 21 heavy (non-hydrogen) atoms. The second-order valence-electron chi connectivity index (χ2n) is 5.22. The Bertz CT molecular complexity index is 634. The third-order valence-corrected chi connectivity index (χ3v) is 3.03. The SMILES string of the molecule is CCCc1cc(C(=O)O)cc(Nc2cnn(C(C)C)c2)n1. The zero-order valence-electron chi connectivity index (χ0n) is 12.5. The molecule has 0 saturated heterocycles. The Balaban J connectivity index is 2.26. The van der Waals surface area contributed by atoms with Gasteiger partial charge in [-0.2, -0.15) is 5.10 Å². The zero-order valence-corrected chi connectivity index (χ0v) is 12.5. The number of nitrogens with one attached hydrogen (secondary N) is 1. The highest BCUT2D eigenvalue weighted by Crippen LogP contribution is 2.18. The number of carbonyl (C=O) groups is 1. The highest BCUT2D eigenvalue weighted by molar-refractivity contribution is 5.88. The minimum Gasteiger partial charge on any atom is -0.478 e. The lowest BCUT2D eigenvalue weighted by Crippen LogP contribution is -2.04. The van der Waals surface area contributed by atoms with E-state index in [9.17, 15) is 9.90 Å². The first-order valence-corrected chi connectivity index (χ1v) is 7.05. The van der Waals surface area contributed by atoms with Crippen LogP contribution in [-0.2, 0) is 6.42 Å². The van der Waals surface area contributed by atoms with Crippen LogP contribution in [0.1, 0.15) is 49.3 Å². The molecule has 2 aromatic rings. The molecule has 6 nitrogen and oxygen atoms in total. The summed E-state index contributed by atoms with van der Waals surface area (Å²) in [5, 5.41) is 16.5. The molecule has 2 N–H and O–H groups in total. The normalized spacial score (nSPS) is 10.9. The second-order valence-corrected chi connectivity index (χ2v) is 5.22. The third kappa shape index (κ3) is 3.81. The lowest BCUT2D eigenvalue weighted by Gasteiger charge is -2.08. The molecule has 2 heterocycles. The molecule has 0 aliphatic carbocycles. The van der Waals surface area contributed by atoms with Crippen LogP contribution in [0.4, 0.5) is 11.5 Å². The standard InChI is InChI=1S/C15H20N4O2/c1-4-5-12-6-11(15(20)21)7-14(17-12)18-13-8-16-19(9-13)10(2)3/h6-10H,4-5H2,1-3H3,(H,17,18)(H,20,21). The van der Waals surface area contributed by atoms with Gasteiger partial charge in [0, 0.05) is 17.9 Å². The van der Waals surface area contributed by atoms with Crippen molar-refractivity contribution in [1.29, 1.82) is 0 Å². The van der Waals surface area contributed by atoms with Crippen molar-refractivity contribution in [2.45, 2.75) is 39.7 Å². The first kappa shape index (κ1) is 15.0. The fourth-order valence-electron chi connectivity index (χ4n) is 1.99. The van der Waals surface area contributed by atoms with E-state index in [2.05, 4.69) is 15.4 Å². The van der Waals surface area contributed by atoms with Crippen molar-refractivity contribution in [3.63, 3.8) is 0 Å². The molecule has 0 spiro atoms. The molecule has 0 radical (unpaired) electrons. The van der Waals surface area contributed by atoms with Crippen molar-refractivity contribution in [3.05, 3.63) is 35.8 Å². The number of carboxylic acid groups (broad SMARTS) is 1. The number of anilines is 2. The van der Waals surface area contributed by atoms with Gasteiger partial charge in [-0.05, 0) is 32.4 Å². The average Bonchev–Trinajstić information content (AvgIpc) is 2.87. The molecule has 2 aromatic heterocycles. The average molecular weight is 288 g/mol. The predicted molar refractivity (Wildman–Crippen MR) is 81.1 cm³/mol. The van der Waals surface area contributed by atoms with Gasteiger partial charge in [-0.25, -0.2) is 9.78 Å². The van der Waals surface area contributed by atoms with Crippen LogP contribution in [0.5, 0.6) is 0 Å². The van der Waals surface area contributed by atoms with Gasteiger partial charge >= 0.3 is 5.97 Å². The number of hydrogen-bond acceptors (Lipinski definition) is 4. The number of nitrogens with zero attached hydrogens (tertiary/aromatic N) is 3. The van der Waals surface area contributed by atoms with Crippen molar-refractivity contribution in [2.24, 2.45) is 0 Å². The molecule has 0 fully saturated rings. The number of carboxylic acids is 1. The van der Waals surface area contributed by atoms with Crippen LogP contribution in [-0.4, -0.2) is 25.8 Å². The van der Waals surface area contributed by atoms with E-state index < -0.39 is 5.97 Å². The Morgan fingerprint density at radius 1 is 1.43 bits per heavy atom. The summed E-state index contributed by atoms with van der Waals surface area (Å²) >= 11 is 0. The van der Waals surface area contributed by atoms with Gasteiger partial charge in [0.25, 0.3) is 0 Å². The van der Waals surface area contributed by atoms with E-state index in [1.165, 1.54) is 6.07 Å². The molecule has 2 rings (SSSR count).